The third-order valence-corrected chi connectivity index (χ3v) is 3.20. The number of benzene rings is 2. The minimum atomic E-state index is -0.814. The van der Waals surface area contributed by atoms with E-state index in [0.29, 0.717) is 16.5 Å². The highest BCUT2D eigenvalue weighted by Gasteiger charge is 2.17. The fraction of sp³-hybridized carbons (Fsp3) is 0.188. The molecule has 1 unspecified atom stereocenters. The number of hydrogen-bond acceptors (Lipinski definition) is 3. The fourth-order valence-electron chi connectivity index (χ4n) is 1.85. The first-order valence-electron chi connectivity index (χ1n) is 6.57. The van der Waals surface area contributed by atoms with Gasteiger partial charge in [-0.25, -0.2) is 4.39 Å². The molecule has 0 aliphatic heterocycles. The summed E-state index contributed by atoms with van der Waals surface area (Å²) in [5.41, 5.74) is 0.440. The molecule has 0 aliphatic carbocycles. The second kappa shape index (κ2) is 7.13. The van der Waals surface area contributed by atoms with E-state index in [9.17, 15) is 9.18 Å². The van der Waals surface area contributed by atoms with E-state index in [0.717, 1.165) is 0 Å². The topological polar surface area (TPSA) is 47.6 Å². The molecule has 1 atom stereocenters. The molecule has 116 valence electrons. The van der Waals surface area contributed by atoms with Crippen molar-refractivity contribution in [3.63, 3.8) is 0 Å². The Morgan fingerprint density at radius 1 is 1.27 bits per heavy atom. The molecule has 0 heterocycles. The lowest BCUT2D eigenvalue weighted by Gasteiger charge is -2.16. The molecular formula is C16H15ClFNO3. The van der Waals surface area contributed by atoms with Crippen molar-refractivity contribution < 1.29 is 18.7 Å². The van der Waals surface area contributed by atoms with E-state index in [4.69, 9.17) is 21.1 Å². The molecule has 0 radical (unpaired) electrons. The summed E-state index contributed by atoms with van der Waals surface area (Å²) in [6, 6.07) is 10.6. The summed E-state index contributed by atoms with van der Waals surface area (Å²) in [5.74, 6) is -0.178. The molecule has 2 aromatic rings. The van der Waals surface area contributed by atoms with Crippen LogP contribution in [0.1, 0.15) is 6.92 Å². The van der Waals surface area contributed by atoms with Gasteiger partial charge in [-0.2, -0.15) is 0 Å². The Hall–Kier alpha value is -2.27. The minimum Gasteiger partial charge on any atom is -0.493 e. The van der Waals surface area contributed by atoms with Crippen LogP contribution in [0.15, 0.2) is 42.5 Å². The SMILES string of the molecule is COc1c(Cl)cccc1NC(=O)C(C)Oc1cccc(F)c1. The highest BCUT2D eigenvalue weighted by molar-refractivity contribution is 6.32. The fourth-order valence-corrected chi connectivity index (χ4v) is 2.10. The number of methoxy groups -OCH3 is 1. The van der Waals surface area contributed by atoms with E-state index < -0.39 is 17.8 Å². The van der Waals surface area contributed by atoms with Gasteiger partial charge in [0.05, 0.1) is 17.8 Å². The molecule has 22 heavy (non-hydrogen) atoms. The van der Waals surface area contributed by atoms with Crippen molar-refractivity contribution in [2.45, 2.75) is 13.0 Å². The third kappa shape index (κ3) is 3.89. The summed E-state index contributed by atoms with van der Waals surface area (Å²) in [5, 5.41) is 3.06. The lowest BCUT2D eigenvalue weighted by atomic mass is 10.2. The summed E-state index contributed by atoms with van der Waals surface area (Å²) in [4.78, 5) is 12.2. The normalized spacial score (nSPS) is 11.6. The summed E-state index contributed by atoms with van der Waals surface area (Å²) < 4.78 is 23.7. The Kier molecular flexibility index (Phi) is 5.22. The van der Waals surface area contributed by atoms with Gasteiger partial charge in [0, 0.05) is 6.07 Å². The van der Waals surface area contributed by atoms with Gasteiger partial charge in [-0.1, -0.05) is 23.7 Å². The van der Waals surface area contributed by atoms with Crippen LogP contribution in [-0.4, -0.2) is 19.1 Å². The van der Waals surface area contributed by atoms with Gasteiger partial charge in [0.2, 0.25) is 0 Å². The molecule has 0 spiro atoms. The van der Waals surface area contributed by atoms with Gasteiger partial charge in [0.15, 0.2) is 11.9 Å². The molecule has 0 aromatic heterocycles. The number of para-hydroxylation sites is 1. The molecule has 0 bridgehead atoms. The smallest absolute Gasteiger partial charge is 0.265 e. The number of halogens is 2. The maximum absolute atomic E-state index is 13.1. The number of carbonyl (C=O) groups excluding carboxylic acids is 1. The molecule has 0 aliphatic rings. The molecule has 1 N–H and O–H groups in total. The number of amides is 1. The van der Waals surface area contributed by atoms with Crippen LogP contribution < -0.4 is 14.8 Å². The standard InChI is InChI=1S/C16H15ClFNO3/c1-10(22-12-6-3-5-11(18)9-12)16(20)19-14-8-4-7-13(17)15(14)21-2/h3-10H,1-2H3,(H,19,20). The number of rotatable bonds is 5. The molecule has 6 heteroatoms. The number of hydrogen-bond donors (Lipinski definition) is 1. The van der Waals surface area contributed by atoms with Crippen molar-refractivity contribution >= 4 is 23.2 Å². The summed E-state index contributed by atoms with van der Waals surface area (Å²) in [6.45, 7) is 1.57. The zero-order valence-corrected chi connectivity index (χ0v) is 12.9. The number of carbonyl (C=O) groups is 1. The van der Waals surface area contributed by atoms with Gasteiger partial charge < -0.3 is 14.8 Å². The second-order valence-corrected chi connectivity index (χ2v) is 4.93. The monoisotopic (exact) mass is 323 g/mol. The predicted molar refractivity (Wildman–Crippen MR) is 83.1 cm³/mol. The van der Waals surface area contributed by atoms with Crippen molar-refractivity contribution in [3.8, 4) is 11.5 Å². The average Bonchev–Trinajstić information content (AvgIpc) is 2.47. The van der Waals surface area contributed by atoms with Crippen LogP contribution in [0.4, 0.5) is 10.1 Å². The molecule has 0 saturated carbocycles. The van der Waals surface area contributed by atoms with Gasteiger partial charge in [0.25, 0.3) is 5.91 Å². The van der Waals surface area contributed by atoms with Gasteiger partial charge in [0.1, 0.15) is 11.6 Å². The molecular weight excluding hydrogens is 309 g/mol. The zero-order valence-electron chi connectivity index (χ0n) is 12.1. The van der Waals surface area contributed by atoms with Crippen molar-refractivity contribution in [1.82, 2.24) is 0 Å². The van der Waals surface area contributed by atoms with Crippen LogP contribution in [0.25, 0.3) is 0 Å². The van der Waals surface area contributed by atoms with E-state index in [-0.39, 0.29) is 5.75 Å². The lowest BCUT2D eigenvalue weighted by molar-refractivity contribution is -0.122. The maximum atomic E-state index is 13.1. The minimum absolute atomic E-state index is 0.278. The predicted octanol–water partition coefficient (Wildman–Crippen LogP) is 3.89. The molecule has 1 amide bonds. The van der Waals surface area contributed by atoms with Gasteiger partial charge in [-0.15, -0.1) is 0 Å². The van der Waals surface area contributed by atoms with Crippen molar-refractivity contribution in [2.24, 2.45) is 0 Å². The van der Waals surface area contributed by atoms with Crippen LogP contribution in [0.3, 0.4) is 0 Å². The van der Waals surface area contributed by atoms with Crippen molar-refractivity contribution in [2.75, 3.05) is 12.4 Å². The number of anilines is 1. The van der Waals surface area contributed by atoms with E-state index in [2.05, 4.69) is 5.32 Å². The van der Waals surface area contributed by atoms with E-state index in [1.165, 1.54) is 25.3 Å². The van der Waals surface area contributed by atoms with Crippen LogP contribution in [-0.2, 0) is 4.79 Å². The highest BCUT2D eigenvalue weighted by Crippen LogP contribution is 2.32. The van der Waals surface area contributed by atoms with E-state index in [1.807, 2.05) is 0 Å². The van der Waals surface area contributed by atoms with Crippen LogP contribution in [0.2, 0.25) is 5.02 Å². The second-order valence-electron chi connectivity index (χ2n) is 4.53. The first-order valence-corrected chi connectivity index (χ1v) is 6.94. The Labute approximate surface area is 132 Å². The molecule has 4 nitrogen and oxygen atoms in total. The highest BCUT2D eigenvalue weighted by atomic mass is 35.5. The lowest BCUT2D eigenvalue weighted by Crippen LogP contribution is -2.30. The number of ether oxygens (including phenoxy) is 2. The average molecular weight is 324 g/mol. The van der Waals surface area contributed by atoms with E-state index in [1.54, 1.807) is 31.2 Å². The Morgan fingerprint density at radius 2 is 2.00 bits per heavy atom. The first kappa shape index (κ1) is 16.1. The Bertz CT molecular complexity index is 678. The van der Waals surface area contributed by atoms with Crippen LogP contribution >= 0.6 is 11.6 Å². The van der Waals surface area contributed by atoms with Crippen molar-refractivity contribution in [1.29, 1.82) is 0 Å². The Balaban J connectivity index is 2.07. The van der Waals surface area contributed by atoms with E-state index >= 15 is 0 Å². The summed E-state index contributed by atoms with van der Waals surface area (Å²) in [6.07, 6.45) is -0.814. The van der Waals surface area contributed by atoms with Crippen LogP contribution in [0, 0.1) is 5.82 Å². The number of nitrogens with one attached hydrogen (secondary N) is 1. The summed E-state index contributed by atoms with van der Waals surface area (Å²) >= 11 is 5.99. The summed E-state index contributed by atoms with van der Waals surface area (Å²) in [7, 11) is 1.46. The first-order chi connectivity index (χ1) is 10.5. The quantitative estimate of drug-likeness (QED) is 0.908. The van der Waals surface area contributed by atoms with Gasteiger partial charge in [-0.3, -0.25) is 4.79 Å². The Morgan fingerprint density at radius 3 is 2.68 bits per heavy atom. The molecule has 2 rings (SSSR count). The van der Waals surface area contributed by atoms with Crippen molar-refractivity contribution in [3.05, 3.63) is 53.3 Å². The third-order valence-electron chi connectivity index (χ3n) is 2.91. The largest absolute Gasteiger partial charge is 0.493 e. The van der Waals surface area contributed by atoms with Gasteiger partial charge >= 0.3 is 0 Å². The molecule has 0 fully saturated rings. The zero-order chi connectivity index (χ0) is 16.1. The molecule has 0 saturated heterocycles. The molecule has 2 aromatic carbocycles. The van der Waals surface area contributed by atoms with Crippen LogP contribution in [0.5, 0.6) is 11.5 Å². The maximum Gasteiger partial charge on any atom is 0.265 e. The van der Waals surface area contributed by atoms with Gasteiger partial charge in [-0.05, 0) is 31.2 Å².